The standard InChI is InChI=1S/C15H17NOS/c1-12-2-8-15(9-3-12)18(17)11-10-13-4-6-14(16)7-5-13/h2-9H,10-11,16H2,1H3. The fourth-order valence-corrected chi connectivity index (χ4v) is 2.80. The maximum absolute atomic E-state index is 12.1. The molecule has 1 unspecified atom stereocenters. The molecule has 0 spiro atoms. The van der Waals surface area contributed by atoms with Crippen LogP contribution >= 0.6 is 0 Å². The first-order valence-electron chi connectivity index (χ1n) is 5.94. The minimum absolute atomic E-state index is 0.646. The van der Waals surface area contributed by atoms with Gasteiger partial charge in [0.2, 0.25) is 0 Å². The van der Waals surface area contributed by atoms with Crippen molar-refractivity contribution in [1.29, 1.82) is 0 Å². The molecule has 2 N–H and O–H groups in total. The van der Waals surface area contributed by atoms with E-state index in [0.717, 1.165) is 17.0 Å². The minimum atomic E-state index is -0.929. The van der Waals surface area contributed by atoms with Crippen molar-refractivity contribution in [2.45, 2.75) is 18.2 Å². The van der Waals surface area contributed by atoms with Gasteiger partial charge >= 0.3 is 0 Å². The van der Waals surface area contributed by atoms with E-state index in [1.54, 1.807) is 0 Å². The third kappa shape index (κ3) is 3.44. The first-order valence-corrected chi connectivity index (χ1v) is 7.26. The van der Waals surface area contributed by atoms with Crippen molar-refractivity contribution in [1.82, 2.24) is 0 Å². The van der Waals surface area contributed by atoms with Gasteiger partial charge in [-0.3, -0.25) is 4.21 Å². The van der Waals surface area contributed by atoms with Crippen LogP contribution < -0.4 is 5.73 Å². The molecule has 0 saturated carbocycles. The van der Waals surface area contributed by atoms with Gasteiger partial charge in [-0.25, -0.2) is 0 Å². The molecule has 0 aliphatic carbocycles. The Labute approximate surface area is 110 Å². The van der Waals surface area contributed by atoms with Gasteiger partial charge in [-0.2, -0.15) is 0 Å². The van der Waals surface area contributed by atoms with Crippen LogP contribution in [0.15, 0.2) is 53.4 Å². The van der Waals surface area contributed by atoms with Crippen LogP contribution in [-0.2, 0) is 17.2 Å². The highest BCUT2D eigenvalue weighted by Crippen LogP contribution is 2.11. The number of hydrogen-bond donors (Lipinski definition) is 1. The summed E-state index contributed by atoms with van der Waals surface area (Å²) in [5.74, 6) is 0.646. The van der Waals surface area contributed by atoms with Crippen LogP contribution in [0.3, 0.4) is 0 Å². The third-order valence-corrected chi connectivity index (χ3v) is 4.21. The Bertz CT molecular complexity index is 531. The van der Waals surface area contributed by atoms with Crippen molar-refractivity contribution in [2.24, 2.45) is 0 Å². The average Bonchev–Trinajstić information content (AvgIpc) is 2.38. The lowest BCUT2D eigenvalue weighted by atomic mass is 10.2. The van der Waals surface area contributed by atoms with Gasteiger partial charge in [0.15, 0.2) is 0 Å². The summed E-state index contributed by atoms with van der Waals surface area (Å²) >= 11 is 0. The topological polar surface area (TPSA) is 43.1 Å². The molecule has 2 aromatic rings. The molecule has 18 heavy (non-hydrogen) atoms. The molecule has 3 heteroatoms. The Morgan fingerprint density at radius 1 is 1.00 bits per heavy atom. The Balaban J connectivity index is 1.96. The Hall–Kier alpha value is -1.61. The zero-order valence-electron chi connectivity index (χ0n) is 10.4. The number of nitrogens with two attached hydrogens (primary N) is 1. The van der Waals surface area contributed by atoms with E-state index in [9.17, 15) is 4.21 Å². The molecule has 1 atom stereocenters. The molecule has 0 aliphatic heterocycles. The largest absolute Gasteiger partial charge is 0.399 e. The fraction of sp³-hybridized carbons (Fsp3) is 0.200. The van der Waals surface area contributed by atoms with Crippen molar-refractivity contribution >= 4 is 16.5 Å². The Kier molecular flexibility index (Phi) is 4.15. The summed E-state index contributed by atoms with van der Waals surface area (Å²) in [6.45, 7) is 2.03. The van der Waals surface area contributed by atoms with Gasteiger partial charge in [-0.1, -0.05) is 29.8 Å². The van der Waals surface area contributed by atoms with Gasteiger partial charge in [0, 0.05) is 16.3 Å². The Morgan fingerprint density at radius 3 is 2.22 bits per heavy atom. The molecule has 0 heterocycles. The van der Waals surface area contributed by atoms with E-state index in [2.05, 4.69) is 0 Å². The second kappa shape index (κ2) is 5.83. The summed E-state index contributed by atoms with van der Waals surface area (Å²) < 4.78 is 12.1. The number of benzene rings is 2. The SMILES string of the molecule is Cc1ccc(S(=O)CCc2ccc(N)cc2)cc1. The van der Waals surface area contributed by atoms with E-state index >= 15 is 0 Å². The van der Waals surface area contributed by atoms with Crippen LogP contribution in [0.1, 0.15) is 11.1 Å². The lowest BCUT2D eigenvalue weighted by molar-refractivity contribution is 0.682. The lowest BCUT2D eigenvalue weighted by Gasteiger charge is -2.04. The molecule has 2 aromatic carbocycles. The van der Waals surface area contributed by atoms with E-state index in [1.807, 2.05) is 55.5 Å². The van der Waals surface area contributed by atoms with Crippen molar-refractivity contribution in [3.63, 3.8) is 0 Å². The second-order valence-corrected chi connectivity index (χ2v) is 5.92. The molecular weight excluding hydrogens is 242 g/mol. The number of rotatable bonds is 4. The third-order valence-electron chi connectivity index (χ3n) is 2.84. The molecule has 0 aliphatic rings. The summed E-state index contributed by atoms with van der Waals surface area (Å²) in [6.07, 6.45) is 0.806. The summed E-state index contributed by atoms with van der Waals surface area (Å²) in [4.78, 5) is 0.899. The summed E-state index contributed by atoms with van der Waals surface area (Å²) in [5, 5.41) is 0. The predicted molar refractivity (Wildman–Crippen MR) is 77.0 cm³/mol. The van der Waals surface area contributed by atoms with Crippen LogP contribution in [0.4, 0.5) is 5.69 Å². The first-order chi connectivity index (χ1) is 8.65. The molecule has 0 radical (unpaired) electrons. The van der Waals surface area contributed by atoms with Gasteiger partial charge in [-0.15, -0.1) is 0 Å². The zero-order chi connectivity index (χ0) is 13.0. The van der Waals surface area contributed by atoms with Gasteiger partial charge in [0.25, 0.3) is 0 Å². The Morgan fingerprint density at radius 2 is 1.61 bits per heavy atom. The summed E-state index contributed by atoms with van der Waals surface area (Å²) in [6, 6.07) is 15.6. The molecule has 0 fully saturated rings. The lowest BCUT2D eigenvalue weighted by Crippen LogP contribution is -2.01. The normalized spacial score (nSPS) is 12.3. The first kappa shape index (κ1) is 12.8. The van der Waals surface area contributed by atoms with Crippen LogP contribution in [0, 0.1) is 6.92 Å². The highest BCUT2D eigenvalue weighted by Gasteiger charge is 2.03. The monoisotopic (exact) mass is 259 g/mol. The van der Waals surface area contributed by atoms with Crippen molar-refractivity contribution in [3.05, 3.63) is 59.7 Å². The quantitative estimate of drug-likeness (QED) is 0.858. The molecule has 0 amide bonds. The van der Waals surface area contributed by atoms with E-state index in [0.29, 0.717) is 5.75 Å². The highest BCUT2D eigenvalue weighted by atomic mass is 32.2. The van der Waals surface area contributed by atoms with E-state index in [1.165, 1.54) is 11.1 Å². The minimum Gasteiger partial charge on any atom is -0.399 e. The highest BCUT2D eigenvalue weighted by molar-refractivity contribution is 7.85. The van der Waals surface area contributed by atoms with Gasteiger partial charge in [0.1, 0.15) is 0 Å². The molecule has 94 valence electrons. The van der Waals surface area contributed by atoms with E-state index in [-0.39, 0.29) is 0 Å². The molecule has 0 bridgehead atoms. The van der Waals surface area contributed by atoms with E-state index in [4.69, 9.17) is 5.73 Å². The fourth-order valence-electron chi connectivity index (χ4n) is 1.70. The van der Waals surface area contributed by atoms with Crippen LogP contribution in [0.2, 0.25) is 0 Å². The number of anilines is 1. The predicted octanol–water partition coefficient (Wildman–Crippen LogP) is 2.93. The van der Waals surface area contributed by atoms with Gasteiger partial charge in [0.05, 0.1) is 10.8 Å². The molecular formula is C15H17NOS. The maximum Gasteiger partial charge on any atom is 0.0532 e. The van der Waals surface area contributed by atoms with Crippen molar-refractivity contribution in [2.75, 3.05) is 11.5 Å². The molecule has 2 nitrogen and oxygen atoms in total. The number of hydrogen-bond acceptors (Lipinski definition) is 2. The van der Waals surface area contributed by atoms with E-state index < -0.39 is 10.8 Å². The number of aryl methyl sites for hydroxylation is 2. The summed E-state index contributed by atoms with van der Waals surface area (Å²) in [7, 11) is -0.929. The maximum atomic E-state index is 12.1. The number of nitrogen functional groups attached to an aromatic ring is 1. The van der Waals surface area contributed by atoms with Gasteiger partial charge < -0.3 is 5.73 Å². The summed E-state index contributed by atoms with van der Waals surface area (Å²) in [5.41, 5.74) is 8.75. The second-order valence-electron chi connectivity index (χ2n) is 4.35. The molecule has 0 aromatic heterocycles. The van der Waals surface area contributed by atoms with Crippen LogP contribution in [-0.4, -0.2) is 9.96 Å². The van der Waals surface area contributed by atoms with Crippen molar-refractivity contribution < 1.29 is 4.21 Å². The molecule has 2 rings (SSSR count). The smallest absolute Gasteiger partial charge is 0.0532 e. The van der Waals surface area contributed by atoms with Crippen LogP contribution in [0.25, 0.3) is 0 Å². The van der Waals surface area contributed by atoms with Crippen LogP contribution in [0.5, 0.6) is 0 Å². The molecule has 0 saturated heterocycles. The van der Waals surface area contributed by atoms with Gasteiger partial charge in [-0.05, 0) is 43.2 Å². The zero-order valence-corrected chi connectivity index (χ0v) is 11.2. The average molecular weight is 259 g/mol. The van der Waals surface area contributed by atoms with Crippen molar-refractivity contribution in [3.8, 4) is 0 Å².